The van der Waals surface area contributed by atoms with E-state index in [-0.39, 0.29) is 17.6 Å². The van der Waals surface area contributed by atoms with Crippen LogP contribution in [0.15, 0.2) is 77.7 Å². The molecule has 0 saturated carbocycles. The molecule has 0 aliphatic rings. The van der Waals surface area contributed by atoms with Crippen LogP contribution in [0.1, 0.15) is 10.4 Å². The number of hydrogen-bond acceptors (Lipinski definition) is 3. The van der Waals surface area contributed by atoms with Gasteiger partial charge < -0.3 is 10.6 Å². The number of rotatable bonds is 6. The highest BCUT2D eigenvalue weighted by Gasteiger charge is 2.14. The minimum absolute atomic E-state index is 0.0142. The van der Waals surface area contributed by atoms with Gasteiger partial charge in [-0.25, -0.2) is 8.78 Å². The van der Waals surface area contributed by atoms with Crippen molar-refractivity contribution in [2.75, 3.05) is 16.4 Å². The van der Waals surface area contributed by atoms with Crippen LogP contribution < -0.4 is 10.6 Å². The third-order valence-electron chi connectivity index (χ3n) is 3.74. The van der Waals surface area contributed by atoms with Crippen molar-refractivity contribution in [3.8, 4) is 0 Å². The maximum Gasteiger partial charge on any atom is 0.257 e. The second kappa shape index (κ2) is 9.14. The topological polar surface area (TPSA) is 58.2 Å². The number of amides is 2. The molecule has 3 aromatic rings. The number of halogens is 2. The Morgan fingerprint density at radius 1 is 0.821 bits per heavy atom. The third kappa shape index (κ3) is 5.17. The van der Waals surface area contributed by atoms with Crippen molar-refractivity contribution in [2.45, 2.75) is 4.90 Å². The van der Waals surface area contributed by atoms with Gasteiger partial charge >= 0.3 is 0 Å². The fourth-order valence-corrected chi connectivity index (χ4v) is 3.13. The molecule has 0 aliphatic carbocycles. The molecule has 0 heterocycles. The summed E-state index contributed by atoms with van der Waals surface area (Å²) in [5.74, 6) is -2.63. The van der Waals surface area contributed by atoms with Crippen LogP contribution in [0.3, 0.4) is 0 Å². The summed E-state index contributed by atoms with van der Waals surface area (Å²) in [6.07, 6.45) is 0. The monoisotopic (exact) mass is 398 g/mol. The number of benzene rings is 3. The van der Waals surface area contributed by atoms with Crippen LogP contribution in [-0.2, 0) is 4.79 Å². The first-order valence-corrected chi connectivity index (χ1v) is 9.34. The highest BCUT2D eigenvalue weighted by atomic mass is 32.2. The summed E-state index contributed by atoms with van der Waals surface area (Å²) in [5, 5.41) is 5.45. The van der Waals surface area contributed by atoms with Gasteiger partial charge in [0.2, 0.25) is 5.91 Å². The van der Waals surface area contributed by atoms with Gasteiger partial charge in [0, 0.05) is 10.6 Å². The minimum atomic E-state index is -0.965. The predicted octanol–water partition coefficient (Wildman–Crippen LogP) is 4.95. The summed E-state index contributed by atoms with van der Waals surface area (Å²) in [6.45, 7) is 0. The number of carbonyl (C=O) groups is 2. The molecule has 4 nitrogen and oxygen atoms in total. The van der Waals surface area contributed by atoms with E-state index in [1.165, 1.54) is 6.07 Å². The molecule has 28 heavy (non-hydrogen) atoms. The number of hydrogen-bond donors (Lipinski definition) is 2. The lowest BCUT2D eigenvalue weighted by atomic mass is 10.1. The number of thioether (sulfide) groups is 1. The summed E-state index contributed by atoms with van der Waals surface area (Å²) in [5.41, 5.74) is 1.33. The molecule has 3 aromatic carbocycles. The molecule has 0 radical (unpaired) electrons. The van der Waals surface area contributed by atoms with Gasteiger partial charge in [0.1, 0.15) is 0 Å². The molecule has 0 bridgehead atoms. The lowest BCUT2D eigenvalue weighted by Crippen LogP contribution is -2.19. The summed E-state index contributed by atoms with van der Waals surface area (Å²) < 4.78 is 26.2. The van der Waals surface area contributed by atoms with Gasteiger partial charge in [-0.15, -0.1) is 11.8 Å². The molecule has 142 valence electrons. The molecule has 2 N–H and O–H groups in total. The Hall–Kier alpha value is -3.19. The first-order valence-electron chi connectivity index (χ1n) is 8.36. The van der Waals surface area contributed by atoms with Gasteiger partial charge in [0.15, 0.2) is 11.6 Å². The Morgan fingerprint density at radius 2 is 1.54 bits per heavy atom. The molecule has 7 heteroatoms. The normalized spacial score (nSPS) is 10.4. The fraction of sp³-hybridized carbons (Fsp3) is 0.0476. The van der Waals surface area contributed by atoms with Crippen molar-refractivity contribution in [3.63, 3.8) is 0 Å². The Balaban J connectivity index is 1.64. The van der Waals surface area contributed by atoms with Crippen LogP contribution in [0, 0.1) is 11.6 Å². The van der Waals surface area contributed by atoms with Crippen LogP contribution >= 0.6 is 11.8 Å². The Morgan fingerprint density at radius 3 is 2.29 bits per heavy atom. The first-order chi connectivity index (χ1) is 13.5. The maximum absolute atomic E-state index is 13.2. The van der Waals surface area contributed by atoms with Gasteiger partial charge in [0.25, 0.3) is 5.91 Å². The lowest BCUT2D eigenvalue weighted by molar-refractivity contribution is -0.113. The molecule has 0 unspecified atom stereocenters. The van der Waals surface area contributed by atoms with Gasteiger partial charge in [0.05, 0.1) is 17.0 Å². The molecular weight excluding hydrogens is 382 g/mol. The van der Waals surface area contributed by atoms with E-state index < -0.39 is 11.6 Å². The van der Waals surface area contributed by atoms with E-state index in [1.54, 1.807) is 48.5 Å². The van der Waals surface area contributed by atoms with Crippen molar-refractivity contribution in [1.82, 2.24) is 0 Å². The van der Waals surface area contributed by atoms with E-state index in [2.05, 4.69) is 10.6 Å². The fourth-order valence-electron chi connectivity index (χ4n) is 2.41. The van der Waals surface area contributed by atoms with E-state index in [0.717, 1.165) is 23.9 Å². The van der Waals surface area contributed by atoms with Crippen LogP contribution in [0.4, 0.5) is 20.2 Å². The van der Waals surface area contributed by atoms with Crippen molar-refractivity contribution in [2.24, 2.45) is 0 Å². The molecule has 0 aliphatic heterocycles. The van der Waals surface area contributed by atoms with Crippen molar-refractivity contribution in [3.05, 3.63) is 90.0 Å². The Bertz CT molecular complexity index is 997. The zero-order chi connectivity index (χ0) is 19.9. The largest absolute Gasteiger partial charge is 0.325 e. The molecule has 3 rings (SSSR count). The van der Waals surface area contributed by atoms with Crippen LogP contribution in [-0.4, -0.2) is 17.6 Å². The average molecular weight is 398 g/mol. The molecular formula is C21H16F2N2O2S. The van der Waals surface area contributed by atoms with E-state index in [0.29, 0.717) is 21.8 Å². The van der Waals surface area contributed by atoms with E-state index >= 15 is 0 Å². The molecule has 2 amide bonds. The SMILES string of the molecule is O=C(CSc1ccc(F)c(F)c1)Nc1ccccc1C(=O)Nc1ccccc1. The molecule has 0 spiro atoms. The molecule has 0 fully saturated rings. The quantitative estimate of drug-likeness (QED) is 0.578. The first kappa shape index (κ1) is 19.6. The molecule has 0 atom stereocenters. The zero-order valence-electron chi connectivity index (χ0n) is 14.6. The summed E-state index contributed by atoms with van der Waals surface area (Å²) >= 11 is 1.07. The number of para-hydroxylation sites is 2. The van der Waals surface area contributed by atoms with Gasteiger partial charge in [-0.1, -0.05) is 30.3 Å². The van der Waals surface area contributed by atoms with Crippen LogP contribution in [0.25, 0.3) is 0 Å². The van der Waals surface area contributed by atoms with Gasteiger partial charge in [-0.2, -0.15) is 0 Å². The molecule has 0 aromatic heterocycles. The van der Waals surface area contributed by atoms with Gasteiger partial charge in [-0.3, -0.25) is 9.59 Å². The second-order valence-electron chi connectivity index (χ2n) is 5.78. The van der Waals surface area contributed by atoms with Crippen molar-refractivity contribution in [1.29, 1.82) is 0 Å². The van der Waals surface area contributed by atoms with Crippen LogP contribution in [0.5, 0.6) is 0 Å². The second-order valence-corrected chi connectivity index (χ2v) is 6.83. The van der Waals surface area contributed by atoms with E-state index in [9.17, 15) is 18.4 Å². The predicted molar refractivity (Wildman–Crippen MR) is 107 cm³/mol. The highest BCUT2D eigenvalue weighted by molar-refractivity contribution is 8.00. The smallest absolute Gasteiger partial charge is 0.257 e. The van der Waals surface area contributed by atoms with E-state index in [1.807, 2.05) is 6.07 Å². The third-order valence-corrected chi connectivity index (χ3v) is 4.73. The van der Waals surface area contributed by atoms with Crippen molar-refractivity contribution < 1.29 is 18.4 Å². The zero-order valence-corrected chi connectivity index (χ0v) is 15.4. The Labute approximate surface area is 165 Å². The summed E-state index contributed by atoms with van der Waals surface area (Å²) in [7, 11) is 0. The average Bonchev–Trinajstić information content (AvgIpc) is 2.70. The standard InChI is InChI=1S/C21H16F2N2O2S/c22-17-11-10-15(12-18(17)23)28-13-20(26)25-19-9-5-4-8-16(19)21(27)24-14-6-2-1-3-7-14/h1-12H,13H2,(H,24,27)(H,25,26). The minimum Gasteiger partial charge on any atom is -0.325 e. The summed E-state index contributed by atoms with van der Waals surface area (Å²) in [6, 6.07) is 19.1. The number of anilines is 2. The Kier molecular flexibility index (Phi) is 6.39. The maximum atomic E-state index is 13.2. The lowest BCUT2D eigenvalue weighted by Gasteiger charge is -2.11. The number of nitrogens with one attached hydrogen (secondary N) is 2. The van der Waals surface area contributed by atoms with Gasteiger partial charge in [-0.05, 0) is 42.5 Å². The van der Waals surface area contributed by atoms with Crippen molar-refractivity contribution >= 4 is 35.0 Å². The summed E-state index contributed by atoms with van der Waals surface area (Å²) in [4.78, 5) is 25.2. The molecule has 0 saturated heterocycles. The number of carbonyl (C=O) groups excluding carboxylic acids is 2. The highest BCUT2D eigenvalue weighted by Crippen LogP contribution is 2.22. The van der Waals surface area contributed by atoms with E-state index in [4.69, 9.17) is 0 Å². The van der Waals surface area contributed by atoms with Crippen LogP contribution in [0.2, 0.25) is 0 Å².